The lowest BCUT2D eigenvalue weighted by molar-refractivity contribution is 0.103. The Labute approximate surface area is 113 Å². The molecule has 1 aliphatic heterocycles. The van der Waals surface area contributed by atoms with Crippen LogP contribution in [0.1, 0.15) is 32.6 Å². The SMILES string of the molecule is Cc1ccc(C(=O)c2ccc3c(c2)NCC3)cc1C. The number of aryl methyl sites for hydroxylation is 2. The summed E-state index contributed by atoms with van der Waals surface area (Å²) in [7, 11) is 0. The lowest BCUT2D eigenvalue weighted by Crippen LogP contribution is -2.03. The Bertz CT molecular complexity index is 658. The highest BCUT2D eigenvalue weighted by Gasteiger charge is 2.15. The predicted molar refractivity (Wildman–Crippen MR) is 78.0 cm³/mol. The third-order valence-electron chi connectivity index (χ3n) is 3.85. The van der Waals surface area contributed by atoms with Gasteiger partial charge in [0.1, 0.15) is 0 Å². The molecule has 0 aromatic heterocycles. The number of hydrogen-bond donors (Lipinski definition) is 1. The van der Waals surface area contributed by atoms with E-state index in [2.05, 4.69) is 18.3 Å². The molecule has 0 radical (unpaired) electrons. The summed E-state index contributed by atoms with van der Waals surface area (Å²) in [5, 5.41) is 3.32. The van der Waals surface area contributed by atoms with Crippen LogP contribution >= 0.6 is 0 Å². The van der Waals surface area contributed by atoms with Crippen molar-refractivity contribution in [2.45, 2.75) is 20.3 Å². The van der Waals surface area contributed by atoms with Gasteiger partial charge in [-0.15, -0.1) is 0 Å². The zero-order valence-corrected chi connectivity index (χ0v) is 11.3. The molecule has 1 heterocycles. The topological polar surface area (TPSA) is 29.1 Å². The molecule has 2 nitrogen and oxygen atoms in total. The maximum atomic E-state index is 12.5. The molecule has 2 heteroatoms. The minimum absolute atomic E-state index is 0.0969. The quantitative estimate of drug-likeness (QED) is 0.828. The standard InChI is InChI=1S/C17H17NO/c1-11-3-4-14(9-12(11)2)17(19)15-6-5-13-7-8-18-16(13)10-15/h3-6,9-10,18H,7-8H2,1-2H3. The van der Waals surface area contributed by atoms with Crippen LogP contribution in [0.2, 0.25) is 0 Å². The van der Waals surface area contributed by atoms with Crippen LogP contribution in [0, 0.1) is 13.8 Å². The van der Waals surface area contributed by atoms with Gasteiger partial charge in [0.2, 0.25) is 0 Å². The van der Waals surface area contributed by atoms with Gasteiger partial charge < -0.3 is 5.32 Å². The summed E-state index contributed by atoms with van der Waals surface area (Å²) in [6.07, 6.45) is 1.05. The van der Waals surface area contributed by atoms with E-state index in [1.165, 1.54) is 11.1 Å². The number of anilines is 1. The van der Waals surface area contributed by atoms with Crippen LogP contribution in [-0.4, -0.2) is 12.3 Å². The molecule has 0 saturated heterocycles. The third kappa shape index (κ3) is 2.14. The molecule has 0 unspecified atom stereocenters. The first-order chi connectivity index (χ1) is 9.15. The normalized spacial score (nSPS) is 12.9. The first kappa shape index (κ1) is 12.0. The van der Waals surface area contributed by atoms with Crippen LogP contribution in [0.5, 0.6) is 0 Å². The number of fused-ring (bicyclic) bond motifs is 1. The van der Waals surface area contributed by atoms with E-state index < -0.39 is 0 Å². The molecule has 0 aliphatic carbocycles. The second-order valence-corrected chi connectivity index (χ2v) is 5.18. The largest absolute Gasteiger partial charge is 0.384 e. The Balaban J connectivity index is 1.97. The summed E-state index contributed by atoms with van der Waals surface area (Å²) in [4.78, 5) is 12.5. The Morgan fingerprint density at radius 1 is 1.00 bits per heavy atom. The number of ketones is 1. The number of carbonyl (C=O) groups is 1. The first-order valence-electron chi connectivity index (χ1n) is 6.64. The van der Waals surface area contributed by atoms with Crippen LogP contribution in [0.4, 0.5) is 5.69 Å². The summed E-state index contributed by atoms with van der Waals surface area (Å²) in [5.41, 5.74) is 6.31. The molecule has 0 spiro atoms. The van der Waals surface area contributed by atoms with Crippen LogP contribution in [0.25, 0.3) is 0 Å². The molecule has 0 fully saturated rings. The van der Waals surface area contributed by atoms with E-state index in [0.29, 0.717) is 0 Å². The van der Waals surface area contributed by atoms with Gasteiger partial charge in [-0.3, -0.25) is 4.79 Å². The van der Waals surface area contributed by atoms with Crippen LogP contribution in [0.3, 0.4) is 0 Å². The molecular weight excluding hydrogens is 234 g/mol. The van der Waals surface area contributed by atoms with Gasteiger partial charge in [0.25, 0.3) is 0 Å². The highest BCUT2D eigenvalue weighted by Crippen LogP contribution is 2.24. The predicted octanol–water partition coefficient (Wildman–Crippen LogP) is 3.50. The molecule has 2 aromatic rings. The molecule has 0 amide bonds. The Kier molecular flexibility index (Phi) is 2.86. The molecule has 1 aliphatic rings. The lowest BCUT2D eigenvalue weighted by Gasteiger charge is -2.07. The minimum Gasteiger partial charge on any atom is -0.384 e. The van der Waals surface area contributed by atoms with Crippen molar-refractivity contribution >= 4 is 11.5 Å². The van der Waals surface area contributed by atoms with Crippen molar-refractivity contribution in [2.24, 2.45) is 0 Å². The fourth-order valence-corrected chi connectivity index (χ4v) is 2.48. The average molecular weight is 251 g/mol. The van der Waals surface area contributed by atoms with Gasteiger partial charge in [-0.2, -0.15) is 0 Å². The molecule has 96 valence electrons. The Morgan fingerprint density at radius 2 is 1.74 bits per heavy atom. The van der Waals surface area contributed by atoms with E-state index >= 15 is 0 Å². The molecule has 0 atom stereocenters. The summed E-state index contributed by atoms with van der Waals surface area (Å²) < 4.78 is 0. The van der Waals surface area contributed by atoms with Gasteiger partial charge in [0, 0.05) is 23.4 Å². The van der Waals surface area contributed by atoms with Crippen molar-refractivity contribution in [3.05, 3.63) is 64.2 Å². The van der Waals surface area contributed by atoms with E-state index in [1.54, 1.807) is 0 Å². The number of benzene rings is 2. The smallest absolute Gasteiger partial charge is 0.193 e. The van der Waals surface area contributed by atoms with E-state index in [-0.39, 0.29) is 5.78 Å². The van der Waals surface area contributed by atoms with Crippen molar-refractivity contribution in [3.8, 4) is 0 Å². The monoisotopic (exact) mass is 251 g/mol. The van der Waals surface area contributed by atoms with Gasteiger partial charge in [-0.05, 0) is 49.1 Å². The minimum atomic E-state index is 0.0969. The van der Waals surface area contributed by atoms with Crippen LogP contribution < -0.4 is 5.32 Å². The van der Waals surface area contributed by atoms with E-state index in [4.69, 9.17) is 0 Å². The van der Waals surface area contributed by atoms with Gasteiger partial charge >= 0.3 is 0 Å². The van der Waals surface area contributed by atoms with Crippen molar-refractivity contribution in [2.75, 3.05) is 11.9 Å². The molecule has 1 N–H and O–H groups in total. The Morgan fingerprint density at radius 3 is 2.53 bits per heavy atom. The summed E-state index contributed by atoms with van der Waals surface area (Å²) >= 11 is 0. The van der Waals surface area contributed by atoms with Gasteiger partial charge in [-0.1, -0.05) is 24.3 Å². The zero-order chi connectivity index (χ0) is 13.4. The lowest BCUT2D eigenvalue weighted by atomic mass is 9.98. The second kappa shape index (κ2) is 4.54. The maximum Gasteiger partial charge on any atom is 0.193 e. The second-order valence-electron chi connectivity index (χ2n) is 5.18. The van der Waals surface area contributed by atoms with Crippen LogP contribution in [-0.2, 0) is 6.42 Å². The Hall–Kier alpha value is -2.09. The molecule has 3 rings (SSSR count). The zero-order valence-electron chi connectivity index (χ0n) is 11.3. The molecule has 0 saturated carbocycles. The van der Waals surface area contributed by atoms with Crippen molar-refractivity contribution in [1.29, 1.82) is 0 Å². The van der Waals surface area contributed by atoms with E-state index in [9.17, 15) is 4.79 Å². The number of hydrogen-bond acceptors (Lipinski definition) is 2. The number of nitrogens with one attached hydrogen (secondary N) is 1. The highest BCUT2D eigenvalue weighted by molar-refractivity contribution is 6.09. The summed E-state index contributed by atoms with van der Waals surface area (Å²) in [5.74, 6) is 0.0969. The van der Waals surface area contributed by atoms with Crippen LogP contribution in [0.15, 0.2) is 36.4 Å². The number of rotatable bonds is 2. The molecule has 2 aromatic carbocycles. The third-order valence-corrected chi connectivity index (χ3v) is 3.85. The number of carbonyl (C=O) groups excluding carboxylic acids is 1. The van der Waals surface area contributed by atoms with E-state index in [1.807, 2.05) is 37.3 Å². The first-order valence-corrected chi connectivity index (χ1v) is 6.64. The van der Waals surface area contributed by atoms with Gasteiger partial charge in [0.05, 0.1) is 0 Å². The highest BCUT2D eigenvalue weighted by atomic mass is 16.1. The average Bonchev–Trinajstić information content (AvgIpc) is 2.88. The molecule has 19 heavy (non-hydrogen) atoms. The van der Waals surface area contributed by atoms with Gasteiger partial charge in [-0.25, -0.2) is 0 Å². The fraction of sp³-hybridized carbons (Fsp3) is 0.235. The van der Waals surface area contributed by atoms with Gasteiger partial charge in [0.15, 0.2) is 5.78 Å². The molecule has 0 bridgehead atoms. The fourth-order valence-electron chi connectivity index (χ4n) is 2.48. The van der Waals surface area contributed by atoms with Crippen molar-refractivity contribution in [3.63, 3.8) is 0 Å². The summed E-state index contributed by atoms with van der Waals surface area (Å²) in [6, 6.07) is 11.9. The van der Waals surface area contributed by atoms with Crippen molar-refractivity contribution < 1.29 is 4.79 Å². The van der Waals surface area contributed by atoms with Crippen molar-refractivity contribution in [1.82, 2.24) is 0 Å². The molecular formula is C17H17NO. The summed E-state index contributed by atoms with van der Waals surface area (Å²) in [6.45, 7) is 5.07. The van der Waals surface area contributed by atoms with E-state index in [0.717, 1.165) is 35.3 Å². The maximum absolute atomic E-state index is 12.5.